The van der Waals surface area contributed by atoms with Crippen LogP contribution in [0.15, 0.2) is 191 Å². The van der Waals surface area contributed by atoms with Gasteiger partial charge in [-0.05, 0) is 100.0 Å². The molecule has 0 saturated heterocycles. The highest BCUT2D eigenvalue weighted by atomic mass is 16.3. The summed E-state index contributed by atoms with van der Waals surface area (Å²) in [4.78, 5) is 2.39. The molecule has 3 nitrogen and oxygen atoms in total. The molecule has 1 aliphatic rings. The Hall–Kier alpha value is -7.10. The van der Waals surface area contributed by atoms with E-state index in [0.717, 1.165) is 85.4 Å². The molecule has 0 atom stereocenters. The first kappa shape index (κ1) is 31.4. The minimum atomic E-state index is 0.859. The number of aryl methyl sites for hydroxylation is 1. The molecule has 0 bridgehead atoms. The summed E-state index contributed by atoms with van der Waals surface area (Å²) in [6.07, 6.45) is 6.34. The van der Waals surface area contributed by atoms with E-state index in [0.29, 0.717) is 0 Å². The summed E-state index contributed by atoms with van der Waals surface area (Å²) in [5, 5.41) is 5.90. The molecule has 8 aromatic carbocycles. The van der Waals surface area contributed by atoms with Crippen molar-refractivity contribution in [3.63, 3.8) is 0 Å². The van der Waals surface area contributed by atoms with E-state index >= 15 is 0 Å². The number of fused-ring (bicyclic) bond motifs is 7. The number of rotatable bonds is 6. The second kappa shape index (κ2) is 12.8. The summed E-state index contributed by atoms with van der Waals surface area (Å²) in [6.45, 7) is 0. The molecule has 0 amide bonds. The number of anilines is 3. The average Bonchev–Trinajstić information content (AvgIpc) is 3.82. The topological polar surface area (TPSA) is 29.5 Å². The van der Waals surface area contributed by atoms with Gasteiger partial charge in [-0.1, -0.05) is 133 Å². The van der Waals surface area contributed by atoms with Crippen molar-refractivity contribution < 1.29 is 8.83 Å². The minimum absolute atomic E-state index is 0.859. The van der Waals surface area contributed by atoms with Gasteiger partial charge in [0.25, 0.3) is 0 Å². The molecule has 0 saturated carbocycles. The van der Waals surface area contributed by atoms with Crippen LogP contribution in [-0.2, 0) is 6.42 Å². The third-order valence-corrected chi connectivity index (χ3v) is 11.2. The minimum Gasteiger partial charge on any atom is -0.456 e. The van der Waals surface area contributed by atoms with Crippen LogP contribution in [0.4, 0.5) is 17.1 Å². The Labute approximate surface area is 319 Å². The van der Waals surface area contributed by atoms with Gasteiger partial charge in [-0.15, -0.1) is 0 Å². The first-order chi connectivity index (χ1) is 27.3. The standard InChI is InChI=1S/C52H35NO2/c1-2-12-35(13-3-1)42-30-26-37(41-19-10-15-34-14-4-5-16-40(34)41)32-47(42)53(39-29-31-45-44-17-6-8-21-48(44)55-51(45)33-39)38-27-24-36(25-28-38)43-20-11-23-50-52(43)46-18-7-9-22-49(46)54-50/h1-6,8-17,19-33H,7,18H2. The summed E-state index contributed by atoms with van der Waals surface area (Å²) in [5.74, 6) is 0.983. The Morgan fingerprint density at radius 1 is 0.436 bits per heavy atom. The van der Waals surface area contributed by atoms with Crippen molar-refractivity contribution in [1.29, 1.82) is 0 Å². The van der Waals surface area contributed by atoms with Gasteiger partial charge < -0.3 is 13.7 Å². The molecule has 0 N–H and O–H groups in total. The third-order valence-electron chi connectivity index (χ3n) is 11.2. The molecule has 0 unspecified atom stereocenters. The van der Waals surface area contributed by atoms with Crippen molar-refractivity contribution in [2.24, 2.45) is 0 Å². The van der Waals surface area contributed by atoms with Crippen LogP contribution >= 0.6 is 0 Å². The van der Waals surface area contributed by atoms with Gasteiger partial charge in [0.1, 0.15) is 22.5 Å². The number of nitrogens with zero attached hydrogens (tertiary/aromatic N) is 1. The van der Waals surface area contributed by atoms with Gasteiger partial charge in [0.05, 0.1) is 5.69 Å². The fraction of sp³-hybridized carbons (Fsp3) is 0.0385. The van der Waals surface area contributed by atoms with E-state index in [1.54, 1.807) is 0 Å². The Kier molecular flexibility index (Phi) is 7.31. The van der Waals surface area contributed by atoms with Crippen molar-refractivity contribution >= 4 is 66.8 Å². The number of allylic oxidation sites excluding steroid dienone is 1. The van der Waals surface area contributed by atoms with Gasteiger partial charge >= 0.3 is 0 Å². The Bertz CT molecular complexity index is 3090. The van der Waals surface area contributed by atoms with Crippen LogP contribution in [0.2, 0.25) is 0 Å². The predicted molar refractivity (Wildman–Crippen MR) is 229 cm³/mol. The second-order valence-corrected chi connectivity index (χ2v) is 14.4. The molecule has 55 heavy (non-hydrogen) atoms. The van der Waals surface area contributed by atoms with Crippen molar-refractivity contribution in [3.8, 4) is 33.4 Å². The molecule has 0 spiro atoms. The lowest BCUT2D eigenvalue weighted by atomic mass is 9.93. The zero-order valence-electron chi connectivity index (χ0n) is 30.1. The summed E-state index contributed by atoms with van der Waals surface area (Å²) in [5.41, 5.74) is 14.1. The Morgan fingerprint density at radius 2 is 1.13 bits per heavy atom. The zero-order valence-corrected chi connectivity index (χ0v) is 30.1. The van der Waals surface area contributed by atoms with Crippen molar-refractivity contribution in [1.82, 2.24) is 0 Å². The van der Waals surface area contributed by atoms with Gasteiger partial charge in [0.2, 0.25) is 0 Å². The van der Waals surface area contributed by atoms with Gasteiger partial charge in [0.15, 0.2) is 0 Å². The lowest BCUT2D eigenvalue weighted by Gasteiger charge is -2.29. The molecule has 0 fully saturated rings. The normalized spacial score (nSPS) is 12.5. The fourth-order valence-corrected chi connectivity index (χ4v) is 8.57. The average molecular weight is 706 g/mol. The highest BCUT2D eigenvalue weighted by Crippen LogP contribution is 2.46. The van der Waals surface area contributed by atoms with E-state index < -0.39 is 0 Å². The number of benzene rings is 8. The largest absolute Gasteiger partial charge is 0.456 e. The summed E-state index contributed by atoms with van der Waals surface area (Å²) in [6, 6.07) is 63.1. The molecule has 260 valence electrons. The SMILES string of the molecule is C1=Cc2oc3cccc(-c4ccc(N(c5ccc6c(c5)oc5ccccc56)c5cc(-c6cccc7ccccc67)ccc5-c5ccccc5)cc4)c3c2CC1. The van der Waals surface area contributed by atoms with E-state index in [1.165, 1.54) is 32.8 Å². The number of furan rings is 2. The monoisotopic (exact) mass is 705 g/mol. The summed E-state index contributed by atoms with van der Waals surface area (Å²) < 4.78 is 12.8. The molecule has 3 heteroatoms. The first-order valence-electron chi connectivity index (χ1n) is 19.0. The van der Waals surface area contributed by atoms with E-state index in [1.807, 2.05) is 12.1 Å². The highest BCUT2D eigenvalue weighted by molar-refractivity contribution is 6.07. The van der Waals surface area contributed by atoms with Crippen LogP contribution in [-0.4, -0.2) is 0 Å². The van der Waals surface area contributed by atoms with Crippen LogP contribution in [0.5, 0.6) is 0 Å². The van der Waals surface area contributed by atoms with Gasteiger partial charge in [-0.2, -0.15) is 0 Å². The maximum Gasteiger partial charge on any atom is 0.137 e. The third kappa shape index (κ3) is 5.27. The summed E-state index contributed by atoms with van der Waals surface area (Å²) in [7, 11) is 0. The van der Waals surface area contributed by atoms with Gasteiger partial charge in [-0.25, -0.2) is 0 Å². The van der Waals surface area contributed by atoms with E-state index in [9.17, 15) is 0 Å². The number of hydrogen-bond donors (Lipinski definition) is 0. The molecule has 0 aliphatic heterocycles. The fourth-order valence-electron chi connectivity index (χ4n) is 8.57. The van der Waals surface area contributed by atoms with Crippen molar-refractivity contribution in [3.05, 3.63) is 193 Å². The molecule has 10 aromatic rings. The lowest BCUT2D eigenvalue weighted by Crippen LogP contribution is -2.11. The maximum atomic E-state index is 6.49. The van der Waals surface area contributed by atoms with Gasteiger partial charge in [0, 0.05) is 44.7 Å². The predicted octanol–water partition coefficient (Wildman–Crippen LogP) is 14.9. The molecular weight excluding hydrogens is 671 g/mol. The molecule has 0 radical (unpaired) electrons. The van der Waals surface area contributed by atoms with Crippen LogP contribution in [0.3, 0.4) is 0 Å². The van der Waals surface area contributed by atoms with E-state index in [-0.39, 0.29) is 0 Å². The number of para-hydroxylation sites is 1. The van der Waals surface area contributed by atoms with Crippen LogP contribution < -0.4 is 4.90 Å². The summed E-state index contributed by atoms with van der Waals surface area (Å²) >= 11 is 0. The van der Waals surface area contributed by atoms with E-state index in [2.05, 4.69) is 181 Å². The van der Waals surface area contributed by atoms with E-state index in [4.69, 9.17) is 8.83 Å². The zero-order chi connectivity index (χ0) is 36.3. The maximum absolute atomic E-state index is 6.49. The molecule has 2 aromatic heterocycles. The molecule has 2 heterocycles. The van der Waals surface area contributed by atoms with Crippen molar-refractivity contribution in [2.45, 2.75) is 12.8 Å². The highest BCUT2D eigenvalue weighted by Gasteiger charge is 2.22. The Balaban J connectivity index is 1.13. The first-order valence-corrected chi connectivity index (χ1v) is 19.0. The Morgan fingerprint density at radius 3 is 2.04 bits per heavy atom. The quantitative estimate of drug-likeness (QED) is 0.172. The van der Waals surface area contributed by atoms with Gasteiger partial charge in [-0.3, -0.25) is 0 Å². The van der Waals surface area contributed by atoms with Crippen molar-refractivity contribution in [2.75, 3.05) is 4.90 Å². The smallest absolute Gasteiger partial charge is 0.137 e. The van der Waals surface area contributed by atoms with Crippen LogP contribution in [0.1, 0.15) is 17.7 Å². The number of hydrogen-bond acceptors (Lipinski definition) is 3. The molecule has 11 rings (SSSR count). The molecular formula is C52H35NO2. The molecule has 1 aliphatic carbocycles. The lowest BCUT2D eigenvalue weighted by molar-refractivity contribution is 0.595. The van der Waals surface area contributed by atoms with Crippen LogP contribution in [0.25, 0.3) is 83.1 Å². The second-order valence-electron chi connectivity index (χ2n) is 14.4. The van der Waals surface area contributed by atoms with Crippen LogP contribution in [0, 0.1) is 0 Å².